The van der Waals surface area contributed by atoms with Gasteiger partial charge in [0.25, 0.3) is 0 Å². The van der Waals surface area contributed by atoms with E-state index in [4.69, 9.17) is 18.6 Å². The normalized spacial score (nSPS) is 14.1. The highest BCUT2D eigenvalue weighted by Crippen LogP contribution is 2.37. The van der Waals surface area contributed by atoms with Gasteiger partial charge in [-0.25, -0.2) is 4.79 Å². The molecule has 1 atom stereocenters. The molecule has 0 aliphatic carbocycles. The van der Waals surface area contributed by atoms with Crippen LogP contribution in [0.1, 0.15) is 27.2 Å². The van der Waals surface area contributed by atoms with Crippen LogP contribution < -0.4 is 0 Å². The van der Waals surface area contributed by atoms with Gasteiger partial charge in [-0.15, -0.1) is 0 Å². The first kappa shape index (κ1) is 23.3. The van der Waals surface area contributed by atoms with Crippen molar-refractivity contribution in [3.05, 3.63) is 12.2 Å². The van der Waals surface area contributed by atoms with Gasteiger partial charge >= 0.3 is 5.97 Å². The zero-order chi connectivity index (χ0) is 18.6. The third-order valence-corrected chi connectivity index (χ3v) is 8.55. The fourth-order valence-corrected chi connectivity index (χ4v) is 2.83. The maximum Gasteiger partial charge on any atom is 0.330 e. The number of hydrogen-bond donors (Lipinski definition) is 0. The lowest BCUT2D eigenvalue weighted by molar-refractivity contribution is -0.134. The number of carbonyl (C=O) groups is 1. The molecule has 7 heteroatoms. The third kappa shape index (κ3) is 10.2. The average molecular weight is 363 g/mol. The van der Waals surface area contributed by atoms with Crippen molar-refractivity contribution >= 4 is 14.3 Å². The van der Waals surface area contributed by atoms with Crippen LogP contribution in [0, 0.1) is 0 Å². The Morgan fingerprint density at radius 2 is 1.71 bits per heavy atom. The second-order valence-corrected chi connectivity index (χ2v) is 11.8. The fourth-order valence-electron chi connectivity index (χ4n) is 1.52. The molecule has 0 aliphatic heterocycles. The molecule has 0 heterocycles. The Morgan fingerprint density at radius 3 is 2.25 bits per heavy atom. The predicted octanol–water partition coefficient (Wildman–Crippen LogP) is 3.13. The Kier molecular flexibility index (Phi) is 11.4. The van der Waals surface area contributed by atoms with Gasteiger partial charge in [-0.2, -0.15) is 0 Å². The van der Waals surface area contributed by atoms with Gasteiger partial charge < -0.3 is 23.4 Å². The van der Waals surface area contributed by atoms with Gasteiger partial charge in [-0.1, -0.05) is 20.8 Å². The van der Waals surface area contributed by atoms with Crippen molar-refractivity contribution in [2.45, 2.75) is 51.4 Å². The Labute approximate surface area is 147 Å². The van der Waals surface area contributed by atoms with Crippen molar-refractivity contribution in [1.29, 1.82) is 0 Å². The highest BCUT2D eigenvalue weighted by molar-refractivity contribution is 6.74. The van der Waals surface area contributed by atoms with Crippen molar-refractivity contribution in [2.75, 3.05) is 40.8 Å². The minimum Gasteiger partial charge on any atom is -0.466 e. The van der Waals surface area contributed by atoms with E-state index < -0.39 is 8.32 Å². The smallest absolute Gasteiger partial charge is 0.330 e. The second kappa shape index (κ2) is 11.8. The molecule has 0 amide bonds. The summed E-state index contributed by atoms with van der Waals surface area (Å²) >= 11 is 0. The molecule has 0 N–H and O–H groups in total. The molecule has 0 unspecified atom stereocenters. The van der Waals surface area contributed by atoms with Gasteiger partial charge in [0.05, 0.1) is 33.0 Å². The highest BCUT2D eigenvalue weighted by Gasteiger charge is 2.38. The first-order valence-corrected chi connectivity index (χ1v) is 11.1. The molecular formula is C17H34O6Si. The quantitative estimate of drug-likeness (QED) is 0.175. The number of methoxy groups -OCH3 is 2. The summed E-state index contributed by atoms with van der Waals surface area (Å²) in [5.74, 6) is -0.386. The van der Waals surface area contributed by atoms with E-state index in [0.29, 0.717) is 26.2 Å². The van der Waals surface area contributed by atoms with Crippen LogP contribution in [-0.4, -0.2) is 61.2 Å². The number of hydrogen-bond acceptors (Lipinski definition) is 6. The van der Waals surface area contributed by atoms with Crippen LogP contribution in [0.15, 0.2) is 12.2 Å². The van der Waals surface area contributed by atoms with Gasteiger partial charge in [0, 0.05) is 13.2 Å². The summed E-state index contributed by atoms with van der Waals surface area (Å²) in [6.07, 6.45) is 3.62. The molecule has 0 radical (unpaired) electrons. The molecule has 0 aromatic carbocycles. The number of ether oxygens (including phenoxy) is 4. The first-order valence-electron chi connectivity index (χ1n) is 8.22. The molecule has 24 heavy (non-hydrogen) atoms. The topological polar surface area (TPSA) is 63.2 Å². The highest BCUT2D eigenvalue weighted by atomic mass is 28.4. The zero-order valence-electron chi connectivity index (χ0n) is 16.2. The summed E-state index contributed by atoms with van der Waals surface area (Å²) in [5.41, 5.74) is 0. The van der Waals surface area contributed by atoms with Crippen LogP contribution in [0.3, 0.4) is 0 Å². The molecule has 0 aromatic heterocycles. The van der Waals surface area contributed by atoms with Crippen LogP contribution >= 0.6 is 0 Å². The van der Waals surface area contributed by atoms with E-state index in [1.165, 1.54) is 13.2 Å². The van der Waals surface area contributed by atoms with Gasteiger partial charge in [-0.3, -0.25) is 0 Å². The summed E-state index contributed by atoms with van der Waals surface area (Å²) in [4.78, 5) is 11.3. The Morgan fingerprint density at radius 1 is 1.08 bits per heavy atom. The molecule has 0 fully saturated rings. The molecular weight excluding hydrogens is 328 g/mol. The van der Waals surface area contributed by atoms with Gasteiger partial charge in [-0.05, 0) is 30.6 Å². The van der Waals surface area contributed by atoms with E-state index in [-0.39, 0.29) is 23.9 Å². The number of rotatable bonds is 12. The summed E-state index contributed by atoms with van der Waals surface area (Å²) in [6.45, 7) is 12.7. The Hall–Kier alpha value is -0.733. The summed E-state index contributed by atoms with van der Waals surface area (Å²) in [6, 6.07) is 0. The molecule has 142 valence electrons. The summed E-state index contributed by atoms with van der Waals surface area (Å²) in [7, 11) is 1.04. The molecule has 0 aliphatic rings. The van der Waals surface area contributed by atoms with Crippen LogP contribution in [0.4, 0.5) is 0 Å². The molecule has 0 saturated heterocycles. The lowest BCUT2D eigenvalue weighted by Gasteiger charge is -2.38. The lowest BCUT2D eigenvalue weighted by Crippen LogP contribution is -2.43. The minimum absolute atomic E-state index is 0.0917. The van der Waals surface area contributed by atoms with E-state index in [1.54, 1.807) is 13.2 Å². The van der Waals surface area contributed by atoms with Crippen molar-refractivity contribution < 1.29 is 28.2 Å². The third-order valence-electron chi connectivity index (χ3n) is 4.05. The maximum absolute atomic E-state index is 11.3. The van der Waals surface area contributed by atoms with E-state index in [9.17, 15) is 4.79 Å². The van der Waals surface area contributed by atoms with Crippen molar-refractivity contribution in [3.63, 3.8) is 0 Å². The Balaban J connectivity index is 4.50. The molecule has 0 bridgehead atoms. The van der Waals surface area contributed by atoms with Gasteiger partial charge in [0.15, 0.2) is 8.32 Å². The SMILES string of the molecule is COCCOCOCC[C@@H](/C=C\C(=O)OC)O[Si](C)(C)C(C)(C)C. The molecule has 0 saturated carbocycles. The van der Waals surface area contributed by atoms with E-state index in [1.807, 2.05) is 0 Å². The van der Waals surface area contributed by atoms with Crippen molar-refractivity contribution in [1.82, 2.24) is 0 Å². The van der Waals surface area contributed by atoms with Gasteiger partial charge in [0.1, 0.15) is 6.79 Å². The minimum atomic E-state index is -1.94. The van der Waals surface area contributed by atoms with Gasteiger partial charge in [0.2, 0.25) is 0 Å². The van der Waals surface area contributed by atoms with Crippen molar-refractivity contribution in [3.8, 4) is 0 Å². The maximum atomic E-state index is 11.3. The molecule has 0 spiro atoms. The predicted molar refractivity (Wildman–Crippen MR) is 96.5 cm³/mol. The second-order valence-electron chi connectivity index (χ2n) is 7.01. The van der Waals surface area contributed by atoms with Crippen LogP contribution in [0.5, 0.6) is 0 Å². The van der Waals surface area contributed by atoms with Crippen LogP contribution in [-0.2, 0) is 28.2 Å². The average Bonchev–Trinajstić information content (AvgIpc) is 2.49. The molecule has 0 aromatic rings. The largest absolute Gasteiger partial charge is 0.466 e. The molecule has 0 rings (SSSR count). The lowest BCUT2D eigenvalue weighted by atomic mass is 10.2. The van der Waals surface area contributed by atoms with Crippen LogP contribution in [0.2, 0.25) is 18.1 Å². The standard InChI is InChI=1S/C17H34O6Si/c1-17(2,3)24(6,7)23-15(8-9-16(18)20-5)10-11-21-14-22-13-12-19-4/h8-9,15H,10-14H2,1-7H3/b9-8-/t15-/m1/s1. The van der Waals surface area contributed by atoms with E-state index >= 15 is 0 Å². The first-order chi connectivity index (χ1) is 11.1. The van der Waals surface area contributed by atoms with Crippen molar-refractivity contribution in [2.24, 2.45) is 0 Å². The van der Waals surface area contributed by atoms with Crippen LogP contribution in [0.25, 0.3) is 0 Å². The number of esters is 1. The summed E-state index contributed by atoms with van der Waals surface area (Å²) in [5, 5.41) is 0.0917. The fraction of sp³-hybridized carbons (Fsp3) is 0.824. The summed E-state index contributed by atoms with van der Waals surface area (Å²) < 4.78 is 26.6. The number of carbonyl (C=O) groups excluding carboxylic acids is 1. The van der Waals surface area contributed by atoms with E-state index in [0.717, 1.165) is 0 Å². The van der Waals surface area contributed by atoms with E-state index in [2.05, 4.69) is 38.6 Å². The Bertz CT molecular complexity index is 376. The molecule has 6 nitrogen and oxygen atoms in total. The monoisotopic (exact) mass is 362 g/mol. The zero-order valence-corrected chi connectivity index (χ0v) is 17.2.